The van der Waals surface area contributed by atoms with Crippen molar-refractivity contribution in [1.29, 1.82) is 0 Å². The Labute approximate surface area is 110 Å². The van der Waals surface area contributed by atoms with E-state index in [2.05, 4.69) is 34.3 Å². The summed E-state index contributed by atoms with van der Waals surface area (Å²) in [5, 5.41) is 1.89. The zero-order valence-electron chi connectivity index (χ0n) is 8.88. The number of hydrogen-bond donors (Lipinski definition) is 0. The van der Waals surface area contributed by atoms with Gasteiger partial charge in [0.15, 0.2) is 0 Å². The van der Waals surface area contributed by atoms with Crippen molar-refractivity contribution in [2.75, 3.05) is 17.3 Å². The summed E-state index contributed by atoms with van der Waals surface area (Å²) in [4.78, 5) is 0. The van der Waals surface area contributed by atoms with Crippen LogP contribution in [0.5, 0.6) is 0 Å². The van der Waals surface area contributed by atoms with Crippen LogP contribution in [0.25, 0.3) is 0 Å². The van der Waals surface area contributed by atoms with Gasteiger partial charge in [0.25, 0.3) is 0 Å². The summed E-state index contributed by atoms with van der Waals surface area (Å²) in [6.07, 6.45) is 4.61. The first-order valence-electron chi connectivity index (χ1n) is 5.09. The maximum atomic E-state index is 6.18. The SMILES string of the molecule is CSCCCC(CBr)c1ccccc1Cl. The second-order valence-electron chi connectivity index (χ2n) is 3.51. The third-order valence-electron chi connectivity index (χ3n) is 2.43. The Balaban J connectivity index is 2.61. The topological polar surface area (TPSA) is 0 Å². The van der Waals surface area contributed by atoms with Crippen LogP contribution in [0.2, 0.25) is 5.02 Å². The lowest BCUT2D eigenvalue weighted by Crippen LogP contribution is -2.01. The van der Waals surface area contributed by atoms with Gasteiger partial charge in [0.05, 0.1) is 0 Å². The molecule has 3 heteroatoms. The van der Waals surface area contributed by atoms with Crippen LogP contribution in [0.4, 0.5) is 0 Å². The van der Waals surface area contributed by atoms with E-state index in [0.29, 0.717) is 5.92 Å². The van der Waals surface area contributed by atoms with Crippen molar-refractivity contribution in [3.8, 4) is 0 Å². The van der Waals surface area contributed by atoms with Crippen molar-refractivity contribution in [3.05, 3.63) is 34.9 Å². The van der Waals surface area contributed by atoms with E-state index in [4.69, 9.17) is 11.6 Å². The van der Waals surface area contributed by atoms with Crippen LogP contribution in [-0.4, -0.2) is 17.3 Å². The lowest BCUT2D eigenvalue weighted by molar-refractivity contribution is 0.681. The molecule has 1 unspecified atom stereocenters. The van der Waals surface area contributed by atoms with Gasteiger partial charge in [-0.2, -0.15) is 11.8 Å². The molecule has 0 saturated carbocycles. The van der Waals surface area contributed by atoms with Gasteiger partial charge in [-0.15, -0.1) is 0 Å². The molecule has 84 valence electrons. The van der Waals surface area contributed by atoms with E-state index in [1.165, 1.54) is 24.2 Å². The molecule has 0 fully saturated rings. The summed E-state index contributed by atoms with van der Waals surface area (Å²) in [5.41, 5.74) is 1.28. The lowest BCUT2D eigenvalue weighted by atomic mass is 9.96. The molecule has 0 aliphatic rings. The highest BCUT2D eigenvalue weighted by Gasteiger charge is 2.12. The Morgan fingerprint density at radius 1 is 1.40 bits per heavy atom. The monoisotopic (exact) mass is 306 g/mol. The Kier molecular flexibility index (Phi) is 6.78. The van der Waals surface area contributed by atoms with E-state index in [9.17, 15) is 0 Å². The smallest absolute Gasteiger partial charge is 0.0441 e. The summed E-state index contributed by atoms with van der Waals surface area (Å²) < 4.78 is 0. The lowest BCUT2D eigenvalue weighted by Gasteiger charge is -2.15. The first-order chi connectivity index (χ1) is 7.29. The predicted octanol–water partition coefficient (Wildman–Crippen LogP) is 4.96. The van der Waals surface area contributed by atoms with Gasteiger partial charge in [-0.1, -0.05) is 45.7 Å². The van der Waals surface area contributed by atoms with Crippen LogP contribution in [0.15, 0.2) is 24.3 Å². The quantitative estimate of drug-likeness (QED) is 0.528. The molecule has 0 N–H and O–H groups in total. The molecule has 0 aliphatic carbocycles. The van der Waals surface area contributed by atoms with Gasteiger partial charge >= 0.3 is 0 Å². The summed E-state index contributed by atoms with van der Waals surface area (Å²) in [5.74, 6) is 1.78. The van der Waals surface area contributed by atoms with E-state index < -0.39 is 0 Å². The normalized spacial score (nSPS) is 12.7. The molecule has 0 saturated heterocycles. The zero-order chi connectivity index (χ0) is 11.1. The summed E-state index contributed by atoms with van der Waals surface area (Å²) >= 11 is 11.7. The van der Waals surface area contributed by atoms with Crippen LogP contribution in [0, 0.1) is 0 Å². The number of hydrogen-bond acceptors (Lipinski definition) is 1. The van der Waals surface area contributed by atoms with Gasteiger partial charge in [-0.25, -0.2) is 0 Å². The van der Waals surface area contributed by atoms with Crippen LogP contribution >= 0.6 is 39.3 Å². The van der Waals surface area contributed by atoms with Gasteiger partial charge in [0, 0.05) is 10.4 Å². The minimum atomic E-state index is 0.547. The third kappa shape index (κ3) is 4.38. The van der Waals surface area contributed by atoms with E-state index in [0.717, 1.165) is 10.4 Å². The molecule has 0 nitrogen and oxygen atoms in total. The van der Waals surface area contributed by atoms with Crippen molar-refractivity contribution < 1.29 is 0 Å². The summed E-state index contributed by atoms with van der Waals surface area (Å²) in [7, 11) is 0. The van der Waals surface area contributed by atoms with Crippen molar-refractivity contribution in [3.63, 3.8) is 0 Å². The Hall–Kier alpha value is 0.340. The fourth-order valence-corrected chi connectivity index (χ4v) is 3.01. The molecular formula is C12H16BrClS. The van der Waals surface area contributed by atoms with Crippen molar-refractivity contribution in [2.45, 2.75) is 18.8 Å². The highest BCUT2D eigenvalue weighted by atomic mass is 79.9. The number of alkyl halides is 1. The molecule has 0 aliphatic heterocycles. The number of benzene rings is 1. The number of thioether (sulfide) groups is 1. The third-order valence-corrected chi connectivity index (χ3v) is 4.26. The van der Waals surface area contributed by atoms with Crippen molar-refractivity contribution in [2.24, 2.45) is 0 Å². The molecule has 0 aromatic heterocycles. The molecular weight excluding hydrogens is 292 g/mol. The molecule has 1 aromatic rings. The predicted molar refractivity (Wildman–Crippen MR) is 75.6 cm³/mol. The molecule has 0 spiro atoms. The molecule has 1 rings (SSSR count). The molecule has 0 radical (unpaired) electrons. The molecule has 0 amide bonds. The molecule has 0 bridgehead atoms. The average Bonchev–Trinajstić information content (AvgIpc) is 2.26. The largest absolute Gasteiger partial charge is 0.165 e. The standard InChI is InChI=1S/C12H16BrClS/c1-15-8-4-5-10(9-13)11-6-2-3-7-12(11)14/h2-3,6-7,10H,4-5,8-9H2,1H3. The van der Waals surface area contributed by atoms with E-state index in [-0.39, 0.29) is 0 Å². The van der Waals surface area contributed by atoms with Gasteiger partial charge in [-0.3, -0.25) is 0 Å². The van der Waals surface area contributed by atoms with Crippen molar-refractivity contribution in [1.82, 2.24) is 0 Å². The van der Waals surface area contributed by atoms with Crippen LogP contribution in [-0.2, 0) is 0 Å². The highest BCUT2D eigenvalue weighted by Crippen LogP contribution is 2.29. The second-order valence-corrected chi connectivity index (χ2v) is 5.55. The minimum Gasteiger partial charge on any atom is -0.165 e. The molecule has 1 atom stereocenters. The first kappa shape index (κ1) is 13.4. The van der Waals surface area contributed by atoms with Crippen molar-refractivity contribution >= 4 is 39.3 Å². The average molecular weight is 308 g/mol. The summed E-state index contributed by atoms with van der Waals surface area (Å²) in [6, 6.07) is 8.15. The van der Waals surface area contributed by atoms with E-state index in [1.807, 2.05) is 23.9 Å². The van der Waals surface area contributed by atoms with Gasteiger partial charge < -0.3 is 0 Å². The molecule has 0 heterocycles. The maximum Gasteiger partial charge on any atom is 0.0441 e. The second kappa shape index (κ2) is 7.59. The fourth-order valence-electron chi connectivity index (χ4n) is 1.60. The maximum absolute atomic E-state index is 6.18. The summed E-state index contributed by atoms with van der Waals surface area (Å²) in [6.45, 7) is 0. The Morgan fingerprint density at radius 3 is 2.73 bits per heavy atom. The van der Waals surface area contributed by atoms with Gasteiger partial charge in [0.2, 0.25) is 0 Å². The van der Waals surface area contributed by atoms with Crippen LogP contribution < -0.4 is 0 Å². The number of halogens is 2. The Bertz CT molecular complexity index is 291. The van der Waals surface area contributed by atoms with E-state index >= 15 is 0 Å². The molecule has 15 heavy (non-hydrogen) atoms. The first-order valence-corrected chi connectivity index (χ1v) is 7.98. The number of rotatable bonds is 6. The molecule has 1 aromatic carbocycles. The van der Waals surface area contributed by atoms with Gasteiger partial charge in [-0.05, 0) is 42.4 Å². The zero-order valence-corrected chi connectivity index (χ0v) is 12.0. The highest BCUT2D eigenvalue weighted by molar-refractivity contribution is 9.09. The minimum absolute atomic E-state index is 0.547. The van der Waals surface area contributed by atoms with E-state index in [1.54, 1.807) is 0 Å². The van der Waals surface area contributed by atoms with Crippen LogP contribution in [0.3, 0.4) is 0 Å². The Morgan fingerprint density at radius 2 is 2.13 bits per heavy atom. The van der Waals surface area contributed by atoms with Crippen LogP contribution in [0.1, 0.15) is 24.3 Å². The van der Waals surface area contributed by atoms with Gasteiger partial charge in [0.1, 0.15) is 0 Å². The fraction of sp³-hybridized carbons (Fsp3) is 0.500.